The van der Waals surface area contributed by atoms with Crippen molar-refractivity contribution in [3.05, 3.63) is 11.6 Å². The number of allylic oxidation sites excluding steroid dienone is 2. The number of methoxy groups -OCH3 is 1. The predicted octanol–water partition coefficient (Wildman–Crippen LogP) is 3.38. The van der Waals surface area contributed by atoms with E-state index < -0.39 is 0 Å². The van der Waals surface area contributed by atoms with Crippen LogP contribution in [0.5, 0.6) is 0 Å². The molecule has 0 aliphatic heterocycles. The average molecular weight is 200 g/mol. The molecule has 0 N–H and O–H groups in total. The van der Waals surface area contributed by atoms with Gasteiger partial charge in [0.25, 0.3) is 0 Å². The highest BCUT2D eigenvalue weighted by Crippen LogP contribution is 2.11. The molecule has 0 aliphatic carbocycles. The summed E-state index contributed by atoms with van der Waals surface area (Å²) >= 11 is 0. The summed E-state index contributed by atoms with van der Waals surface area (Å²) in [6.45, 7) is 7.79. The van der Waals surface area contributed by atoms with E-state index in [-0.39, 0.29) is 0 Å². The fourth-order valence-electron chi connectivity index (χ4n) is 1.23. The van der Waals surface area contributed by atoms with Gasteiger partial charge in [-0.15, -0.1) is 0 Å². The molecule has 14 heavy (non-hydrogen) atoms. The Kier molecular flexibility index (Phi) is 9.00. The molecule has 0 aliphatic rings. The van der Waals surface area contributed by atoms with Gasteiger partial charge in [-0.05, 0) is 39.0 Å². The van der Waals surface area contributed by atoms with Crippen molar-refractivity contribution >= 4 is 0 Å². The first-order chi connectivity index (χ1) is 6.66. The van der Waals surface area contributed by atoms with E-state index in [1.165, 1.54) is 18.4 Å². The van der Waals surface area contributed by atoms with Crippen molar-refractivity contribution in [1.29, 1.82) is 0 Å². The second kappa shape index (κ2) is 9.22. The van der Waals surface area contributed by atoms with Crippen molar-refractivity contribution in [3.63, 3.8) is 0 Å². The third kappa shape index (κ3) is 9.75. The maximum absolute atomic E-state index is 5.24. The van der Waals surface area contributed by atoms with Crippen LogP contribution in [0.15, 0.2) is 11.6 Å². The second-order valence-corrected chi connectivity index (χ2v) is 4.07. The van der Waals surface area contributed by atoms with Gasteiger partial charge < -0.3 is 9.47 Å². The monoisotopic (exact) mass is 200 g/mol. The fourth-order valence-corrected chi connectivity index (χ4v) is 1.23. The lowest BCUT2D eigenvalue weighted by molar-refractivity contribution is -0.0341. The van der Waals surface area contributed by atoms with Crippen molar-refractivity contribution in [1.82, 2.24) is 0 Å². The smallest absolute Gasteiger partial charge is 0.146 e. The van der Waals surface area contributed by atoms with Crippen molar-refractivity contribution in [2.45, 2.75) is 40.0 Å². The van der Waals surface area contributed by atoms with E-state index in [0.717, 1.165) is 18.9 Å². The van der Waals surface area contributed by atoms with E-state index in [2.05, 4.69) is 26.8 Å². The van der Waals surface area contributed by atoms with E-state index in [1.807, 2.05) is 0 Å². The second-order valence-electron chi connectivity index (χ2n) is 4.07. The third-order valence-corrected chi connectivity index (χ3v) is 2.17. The maximum atomic E-state index is 5.24. The summed E-state index contributed by atoms with van der Waals surface area (Å²) in [5, 5.41) is 0. The standard InChI is InChI=1S/C12H24O2/c1-11(2)6-5-7-12(3)8-9-14-10-13-4/h6,12H,5,7-10H2,1-4H3. The summed E-state index contributed by atoms with van der Waals surface area (Å²) in [7, 11) is 1.65. The van der Waals surface area contributed by atoms with Crippen LogP contribution in [0.3, 0.4) is 0 Å². The molecule has 0 rings (SSSR count). The Bertz CT molecular complexity index is 148. The Hall–Kier alpha value is -0.340. The van der Waals surface area contributed by atoms with E-state index in [9.17, 15) is 0 Å². The molecule has 1 atom stereocenters. The largest absolute Gasteiger partial charge is 0.359 e. The third-order valence-electron chi connectivity index (χ3n) is 2.17. The molecule has 0 spiro atoms. The molecule has 84 valence electrons. The Morgan fingerprint density at radius 3 is 2.57 bits per heavy atom. The quantitative estimate of drug-likeness (QED) is 0.340. The zero-order valence-corrected chi connectivity index (χ0v) is 10.0. The zero-order valence-electron chi connectivity index (χ0n) is 10.0. The molecule has 0 radical (unpaired) electrons. The molecule has 0 aromatic heterocycles. The lowest BCUT2D eigenvalue weighted by Gasteiger charge is -2.09. The number of hydrogen-bond donors (Lipinski definition) is 0. The minimum atomic E-state index is 0.417. The molecule has 0 saturated carbocycles. The molecular weight excluding hydrogens is 176 g/mol. The zero-order chi connectivity index (χ0) is 10.8. The molecule has 1 unspecified atom stereocenters. The Balaban J connectivity index is 3.28. The normalized spacial score (nSPS) is 12.6. The van der Waals surface area contributed by atoms with E-state index in [0.29, 0.717) is 6.79 Å². The van der Waals surface area contributed by atoms with Gasteiger partial charge in [0.2, 0.25) is 0 Å². The Morgan fingerprint density at radius 2 is 2.00 bits per heavy atom. The van der Waals surface area contributed by atoms with E-state index in [4.69, 9.17) is 9.47 Å². The van der Waals surface area contributed by atoms with Gasteiger partial charge >= 0.3 is 0 Å². The van der Waals surface area contributed by atoms with Crippen LogP contribution in [-0.4, -0.2) is 20.5 Å². The lowest BCUT2D eigenvalue weighted by atomic mass is 10.0. The summed E-state index contributed by atoms with van der Waals surface area (Å²) in [4.78, 5) is 0. The van der Waals surface area contributed by atoms with Crippen LogP contribution < -0.4 is 0 Å². The molecule has 0 amide bonds. The van der Waals surface area contributed by atoms with Crippen LogP contribution in [-0.2, 0) is 9.47 Å². The summed E-state index contributed by atoms with van der Waals surface area (Å²) in [5.74, 6) is 0.738. The van der Waals surface area contributed by atoms with Gasteiger partial charge in [-0.1, -0.05) is 18.6 Å². The van der Waals surface area contributed by atoms with Crippen LogP contribution in [0.1, 0.15) is 40.0 Å². The summed E-state index contributed by atoms with van der Waals surface area (Å²) < 4.78 is 10.0. The Labute approximate surface area is 88.3 Å². The molecule has 0 saturated heterocycles. The van der Waals surface area contributed by atoms with Gasteiger partial charge in [0, 0.05) is 13.7 Å². The van der Waals surface area contributed by atoms with Gasteiger partial charge in [-0.25, -0.2) is 0 Å². The SMILES string of the molecule is COCOCCC(C)CCC=C(C)C. The van der Waals surface area contributed by atoms with E-state index >= 15 is 0 Å². The molecule has 0 aromatic carbocycles. The topological polar surface area (TPSA) is 18.5 Å². The van der Waals surface area contributed by atoms with Crippen molar-refractivity contribution < 1.29 is 9.47 Å². The fraction of sp³-hybridized carbons (Fsp3) is 0.833. The molecule has 0 bridgehead atoms. The first-order valence-corrected chi connectivity index (χ1v) is 5.37. The molecule has 0 fully saturated rings. The molecule has 2 nitrogen and oxygen atoms in total. The molecule has 0 heterocycles. The van der Waals surface area contributed by atoms with Crippen LogP contribution in [0, 0.1) is 5.92 Å². The van der Waals surface area contributed by atoms with Gasteiger partial charge in [-0.3, -0.25) is 0 Å². The summed E-state index contributed by atoms with van der Waals surface area (Å²) in [6, 6.07) is 0. The Morgan fingerprint density at radius 1 is 1.29 bits per heavy atom. The van der Waals surface area contributed by atoms with Gasteiger partial charge in [0.15, 0.2) is 0 Å². The van der Waals surface area contributed by atoms with Crippen LogP contribution in [0.2, 0.25) is 0 Å². The minimum Gasteiger partial charge on any atom is -0.359 e. The van der Waals surface area contributed by atoms with Crippen molar-refractivity contribution in [2.24, 2.45) is 5.92 Å². The van der Waals surface area contributed by atoms with Crippen LogP contribution in [0.25, 0.3) is 0 Å². The van der Waals surface area contributed by atoms with Crippen LogP contribution >= 0.6 is 0 Å². The number of ether oxygens (including phenoxy) is 2. The number of rotatable bonds is 8. The predicted molar refractivity (Wildman–Crippen MR) is 60.3 cm³/mol. The van der Waals surface area contributed by atoms with Gasteiger partial charge in [-0.2, -0.15) is 0 Å². The first-order valence-electron chi connectivity index (χ1n) is 5.37. The average Bonchev–Trinajstić information content (AvgIpc) is 2.12. The van der Waals surface area contributed by atoms with Crippen LogP contribution in [0.4, 0.5) is 0 Å². The van der Waals surface area contributed by atoms with E-state index in [1.54, 1.807) is 7.11 Å². The molecule has 2 heteroatoms. The van der Waals surface area contributed by atoms with Crippen molar-refractivity contribution in [2.75, 3.05) is 20.5 Å². The minimum absolute atomic E-state index is 0.417. The first kappa shape index (κ1) is 13.7. The highest BCUT2D eigenvalue weighted by molar-refractivity contribution is 4.92. The lowest BCUT2D eigenvalue weighted by Crippen LogP contribution is -2.03. The number of hydrogen-bond acceptors (Lipinski definition) is 2. The summed E-state index contributed by atoms with van der Waals surface area (Å²) in [6.07, 6.45) is 5.86. The summed E-state index contributed by atoms with van der Waals surface area (Å²) in [5.41, 5.74) is 1.41. The molecule has 0 aromatic rings. The maximum Gasteiger partial charge on any atom is 0.146 e. The van der Waals surface area contributed by atoms with Gasteiger partial charge in [0.1, 0.15) is 6.79 Å². The van der Waals surface area contributed by atoms with Gasteiger partial charge in [0.05, 0.1) is 0 Å². The van der Waals surface area contributed by atoms with Crippen molar-refractivity contribution in [3.8, 4) is 0 Å². The molecular formula is C12H24O2. The highest BCUT2D eigenvalue weighted by atomic mass is 16.7. The highest BCUT2D eigenvalue weighted by Gasteiger charge is 2.00.